The molecule has 0 bridgehead atoms. The SMILES string of the molecule is Cc1ccc(C2(C)CC2CC(=O)O)cc1. The lowest BCUT2D eigenvalue weighted by Gasteiger charge is -2.11. The van der Waals surface area contributed by atoms with Crippen molar-refractivity contribution in [2.24, 2.45) is 5.92 Å². The van der Waals surface area contributed by atoms with Crippen molar-refractivity contribution in [3.8, 4) is 0 Å². The smallest absolute Gasteiger partial charge is 0.303 e. The fourth-order valence-corrected chi connectivity index (χ4v) is 2.25. The van der Waals surface area contributed by atoms with Gasteiger partial charge in [-0.1, -0.05) is 36.8 Å². The fraction of sp³-hybridized carbons (Fsp3) is 0.462. The number of carbonyl (C=O) groups is 1. The van der Waals surface area contributed by atoms with E-state index in [2.05, 4.69) is 38.1 Å². The lowest BCUT2D eigenvalue weighted by atomic mass is 9.94. The first kappa shape index (κ1) is 10.2. The zero-order chi connectivity index (χ0) is 11.1. The summed E-state index contributed by atoms with van der Waals surface area (Å²) in [6.07, 6.45) is 1.30. The van der Waals surface area contributed by atoms with Crippen LogP contribution < -0.4 is 0 Å². The second kappa shape index (κ2) is 3.37. The Morgan fingerprint density at radius 1 is 1.47 bits per heavy atom. The average Bonchev–Trinajstić information content (AvgIpc) is 2.78. The molecule has 0 heterocycles. The second-order valence-corrected chi connectivity index (χ2v) is 4.78. The first-order valence-corrected chi connectivity index (χ1v) is 5.31. The number of aliphatic carboxylic acids is 1. The van der Waals surface area contributed by atoms with E-state index in [-0.39, 0.29) is 5.41 Å². The van der Waals surface area contributed by atoms with Gasteiger partial charge in [-0.15, -0.1) is 0 Å². The zero-order valence-electron chi connectivity index (χ0n) is 9.16. The Morgan fingerprint density at radius 3 is 2.60 bits per heavy atom. The van der Waals surface area contributed by atoms with Gasteiger partial charge in [0, 0.05) is 6.42 Å². The highest BCUT2D eigenvalue weighted by Gasteiger charge is 2.51. The highest BCUT2D eigenvalue weighted by molar-refractivity contribution is 5.68. The Labute approximate surface area is 89.9 Å². The van der Waals surface area contributed by atoms with Crippen LogP contribution in [0.2, 0.25) is 0 Å². The second-order valence-electron chi connectivity index (χ2n) is 4.78. The molecule has 0 amide bonds. The van der Waals surface area contributed by atoms with Crippen molar-refractivity contribution in [2.75, 3.05) is 0 Å². The molecule has 0 saturated heterocycles. The third kappa shape index (κ3) is 1.89. The lowest BCUT2D eigenvalue weighted by Crippen LogP contribution is -2.07. The van der Waals surface area contributed by atoms with E-state index in [1.54, 1.807) is 0 Å². The molecule has 1 aliphatic rings. The molecule has 2 unspecified atom stereocenters. The Bertz CT molecular complexity index is 380. The molecular formula is C13H16O2. The van der Waals surface area contributed by atoms with Crippen LogP contribution in [0.4, 0.5) is 0 Å². The van der Waals surface area contributed by atoms with Crippen LogP contribution in [0.15, 0.2) is 24.3 Å². The highest BCUT2D eigenvalue weighted by atomic mass is 16.4. The first-order valence-electron chi connectivity index (χ1n) is 5.31. The van der Waals surface area contributed by atoms with Gasteiger partial charge in [-0.3, -0.25) is 4.79 Å². The molecule has 2 rings (SSSR count). The van der Waals surface area contributed by atoms with Crippen LogP contribution >= 0.6 is 0 Å². The molecule has 0 aliphatic heterocycles. The van der Waals surface area contributed by atoms with Crippen LogP contribution in [-0.2, 0) is 10.2 Å². The molecule has 1 N–H and O–H groups in total. The summed E-state index contributed by atoms with van der Waals surface area (Å²) in [7, 11) is 0. The average molecular weight is 204 g/mol. The molecule has 0 radical (unpaired) electrons. The van der Waals surface area contributed by atoms with E-state index in [0.717, 1.165) is 6.42 Å². The quantitative estimate of drug-likeness (QED) is 0.822. The number of hydrogen-bond acceptors (Lipinski definition) is 1. The summed E-state index contributed by atoms with van der Waals surface area (Å²) in [5.74, 6) is -0.367. The molecule has 80 valence electrons. The summed E-state index contributed by atoms with van der Waals surface area (Å²) in [6, 6.07) is 8.43. The van der Waals surface area contributed by atoms with E-state index >= 15 is 0 Å². The van der Waals surface area contributed by atoms with Crippen LogP contribution in [0, 0.1) is 12.8 Å². The first-order chi connectivity index (χ1) is 7.02. The Kier molecular flexibility index (Phi) is 2.29. The van der Waals surface area contributed by atoms with Crippen LogP contribution in [0.3, 0.4) is 0 Å². The number of hydrogen-bond donors (Lipinski definition) is 1. The molecule has 2 nitrogen and oxygen atoms in total. The van der Waals surface area contributed by atoms with Crippen LogP contribution in [0.5, 0.6) is 0 Å². The summed E-state index contributed by atoms with van der Waals surface area (Å²) in [5.41, 5.74) is 2.63. The van der Waals surface area contributed by atoms with Gasteiger partial charge in [0.25, 0.3) is 0 Å². The molecular weight excluding hydrogens is 188 g/mol. The van der Waals surface area contributed by atoms with Gasteiger partial charge in [0.15, 0.2) is 0 Å². The Morgan fingerprint density at radius 2 is 2.07 bits per heavy atom. The number of rotatable bonds is 3. The molecule has 1 aliphatic carbocycles. The van der Waals surface area contributed by atoms with Gasteiger partial charge in [-0.05, 0) is 30.2 Å². The molecule has 0 spiro atoms. The maximum Gasteiger partial charge on any atom is 0.303 e. The Hall–Kier alpha value is -1.31. The number of carboxylic acids is 1. The van der Waals surface area contributed by atoms with Crippen molar-refractivity contribution in [1.82, 2.24) is 0 Å². The maximum absolute atomic E-state index is 10.6. The van der Waals surface area contributed by atoms with E-state index in [0.29, 0.717) is 12.3 Å². The minimum Gasteiger partial charge on any atom is -0.481 e. The zero-order valence-corrected chi connectivity index (χ0v) is 9.16. The standard InChI is InChI=1S/C13H16O2/c1-9-3-5-10(6-4-9)13(2)8-11(13)7-12(14)15/h3-6,11H,7-8H2,1-2H3,(H,14,15). The molecule has 1 fully saturated rings. The number of carboxylic acid groups (broad SMARTS) is 1. The molecule has 0 aromatic heterocycles. The molecule has 1 aromatic carbocycles. The molecule has 2 atom stereocenters. The van der Waals surface area contributed by atoms with Crippen molar-refractivity contribution >= 4 is 5.97 Å². The monoisotopic (exact) mass is 204 g/mol. The van der Waals surface area contributed by atoms with E-state index in [9.17, 15) is 4.79 Å². The summed E-state index contributed by atoms with van der Waals surface area (Å²) >= 11 is 0. The van der Waals surface area contributed by atoms with Gasteiger partial charge in [-0.2, -0.15) is 0 Å². The Balaban J connectivity index is 2.12. The van der Waals surface area contributed by atoms with Crippen LogP contribution in [0.25, 0.3) is 0 Å². The van der Waals surface area contributed by atoms with Gasteiger partial charge in [0.05, 0.1) is 0 Å². The maximum atomic E-state index is 10.6. The fourth-order valence-electron chi connectivity index (χ4n) is 2.25. The van der Waals surface area contributed by atoms with E-state index in [4.69, 9.17) is 5.11 Å². The van der Waals surface area contributed by atoms with E-state index < -0.39 is 5.97 Å². The van der Waals surface area contributed by atoms with Crippen molar-refractivity contribution in [3.05, 3.63) is 35.4 Å². The predicted molar refractivity (Wildman–Crippen MR) is 58.9 cm³/mol. The largest absolute Gasteiger partial charge is 0.481 e. The lowest BCUT2D eigenvalue weighted by molar-refractivity contribution is -0.137. The summed E-state index contributed by atoms with van der Waals surface area (Å²) in [4.78, 5) is 10.6. The predicted octanol–water partition coefficient (Wildman–Crippen LogP) is 2.75. The normalized spacial score (nSPS) is 28.8. The van der Waals surface area contributed by atoms with Crippen molar-refractivity contribution in [3.63, 3.8) is 0 Å². The van der Waals surface area contributed by atoms with Crippen LogP contribution in [-0.4, -0.2) is 11.1 Å². The topological polar surface area (TPSA) is 37.3 Å². The van der Waals surface area contributed by atoms with Crippen molar-refractivity contribution in [1.29, 1.82) is 0 Å². The third-order valence-corrected chi connectivity index (χ3v) is 3.54. The molecule has 2 heteroatoms. The summed E-state index contributed by atoms with van der Waals surface area (Å²) in [6.45, 7) is 4.22. The van der Waals surface area contributed by atoms with Crippen molar-refractivity contribution < 1.29 is 9.90 Å². The molecule has 15 heavy (non-hydrogen) atoms. The summed E-state index contributed by atoms with van der Waals surface area (Å²) < 4.78 is 0. The molecule has 1 saturated carbocycles. The van der Waals surface area contributed by atoms with Gasteiger partial charge >= 0.3 is 5.97 Å². The van der Waals surface area contributed by atoms with E-state index in [1.807, 2.05) is 0 Å². The minimum absolute atomic E-state index is 0.103. The number of benzene rings is 1. The summed E-state index contributed by atoms with van der Waals surface area (Å²) in [5, 5.41) is 8.75. The third-order valence-electron chi connectivity index (χ3n) is 3.54. The highest BCUT2D eigenvalue weighted by Crippen LogP contribution is 2.55. The minimum atomic E-state index is -0.684. The number of aryl methyl sites for hydroxylation is 1. The van der Waals surface area contributed by atoms with Gasteiger partial charge < -0.3 is 5.11 Å². The van der Waals surface area contributed by atoms with Crippen molar-refractivity contribution in [2.45, 2.75) is 32.1 Å². The van der Waals surface area contributed by atoms with Crippen LogP contribution in [0.1, 0.15) is 30.9 Å². The van der Waals surface area contributed by atoms with E-state index in [1.165, 1.54) is 11.1 Å². The molecule has 1 aromatic rings. The van der Waals surface area contributed by atoms with Gasteiger partial charge in [-0.25, -0.2) is 0 Å². The van der Waals surface area contributed by atoms with Gasteiger partial charge in [0.1, 0.15) is 0 Å². The van der Waals surface area contributed by atoms with Gasteiger partial charge in [0.2, 0.25) is 0 Å².